The molecule has 0 amide bonds. The molecule has 1 fully saturated rings. The van der Waals surface area contributed by atoms with Crippen molar-refractivity contribution in [2.45, 2.75) is 26.2 Å². The molecule has 110 valence electrons. The molecule has 2 aromatic rings. The standard InChI is InChI=1S/C19H23NO/c1-15(14-20-11-5-2-6-12-20)19(21)18-10-9-16-7-3-4-8-17(16)13-18/h3-4,7-10,13,15H,2,5-6,11-12,14H2,1H3. The van der Waals surface area contributed by atoms with Crippen molar-refractivity contribution in [1.29, 1.82) is 0 Å². The van der Waals surface area contributed by atoms with E-state index in [2.05, 4.69) is 30.0 Å². The van der Waals surface area contributed by atoms with Gasteiger partial charge in [-0.05, 0) is 42.8 Å². The summed E-state index contributed by atoms with van der Waals surface area (Å²) in [6.45, 7) is 5.25. The summed E-state index contributed by atoms with van der Waals surface area (Å²) < 4.78 is 0. The van der Waals surface area contributed by atoms with Crippen LogP contribution in [0.15, 0.2) is 42.5 Å². The van der Waals surface area contributed by atoms with E-state index < -0.39 is 0 Å². The van der Waals surface area contributed by atoms with Crippen LogP contribution in [0.1, 0.15) is 36.5 Å². The third-order valence-electron chi connectivity index (χ3n) is 4.46. The molecule has 0 N–H and O–H groups in total. The van der Waals surface area contributed by atoms with Crippen LogP contribution >= 0.6 is 0 Å². The fourth-order valence-corrected chi connectivity index (χ4v) is 3.24. The van der Waals surface area contributed by atoms with Crippen molar-refractivity contribution >= 4 is 16.6 Å². The van der Waals surface area contributed by atoms with Crippen LogP contribution in [0, 0.1) is 5.92 Å². The maximum Gasteiger partial charge on any atom is 0.166 e. The largest absolute Gasteiger partial charge is 0.303 e. The van der Waals surface area contributed by atoms with Crippen molar-refractivity contribution in [3.63, 3.8) is 0 Å². The number of nitrogens with zero attached hydrogens (tertiary/aromatic N) is 1. The van der Waals surface area contributed by atoms with Crippen LogP contribution in [0.25, 0.3) is 10.8 Å². The van der Waals surface area contributed by atoms with Gasteiger partial charge in [0.05, 0.1) is 0 Å². The Labute approximate surface area is 126 Å². The molecule has 0 bridgehead atoms. The molecular formula is C19H23NO. The van der Waals surface area contributed by atoms with E-state index in [1.807, 2.05) is 24.3 Å². The Hall–Kier alpha value is -1.67. The normalized spacial score (nSPS) is 17.8. The van der Waals surface area contributed by atoms with Gasteiger partial charge in [-0.3, -0.25) is 4.79 Å². The third-order valence-corrected chi connectivity index (χ3v) is 4.46. The Morgan fingerprint density at radius 2 is 1.76 bits per heavy atom. The summed E-state index contributed by atoms with van der Waals surface area (Å²) in [5, 5.41) is 2.34. The molecule has 2 aromatic carbocycles. The molecule has 1 aliphatic rings. The molecule has 1 heterocycles. The first-order valence-electron chi connectivity index (χ1n) is 7.99. The van der Waals surface area contributed by atoms with Crippen molar-refractivity contribution in [1.82, 2.24) is 4.90 Å². The van der Waals surface area contributed by atoms with Gasteiger partial charge in [0.25, 0.3) is 0 Å². The smallest absolute Gasteiger partial charge is 0.166 e. The maximum atomic E-state index is 12.6. The first-order valence-corrected chi connectivity index (χ1v) is 7.99. The van der Waals surface area contributed by atoms with Crippen LogP contribution in [0.2, 0.25) is 0 Å². The van der Waals surface area contributed by atoms with Crippen LogP contribution in [-0.2, 0) is 0 Å². The lowest BCUT2D eigenvalue weighted by Gasteiger charge is -2.28. The maximum absolute atomic E-state index is 12.6. The molecule has 0 saturated carbocycles. The first kappa shape index (κ1) is 14.3. The topological polar surface area (TPSA) is 20.3 Å². The van der Waals surface area contributed by atoms with Gasteiger partial charge in [-0.25, -0.2) is 0 Å². The second kappa shape index (κ2) is 6.40. The van der Waals surface area contributed by atoms with Crippen LogP contribution in [0.3, 0.4) is 0 Å². The SMILES string of the molecule is CC(CN1CCCCC1)C(=O)c1ccc2ccccc2c1. The van der Waals surface area contributed by atoms with E-state index in [4.69, 9.17) is 0 Å². The number of hydrogen-bond acceptors (Lipinski definition) is 2. The number of ketones is 1. The highest BCUT2D eigenvalue weighted by Gasteiger charge is 2.20. The zero-order chi connectivity index (χ0) is 14.7. The van der Waals surface area contributed by atoms with Gasteiger partial charge in [-0.2, -0.15) is 0 Å². The molecule has 0 radical (unpaired) electrons. The number of fused-ring (bicyclic) bond motifs is 1. The van der Waals surface area contributed by atoms with Gasteiger partial charge in [0, 0.05) is 18.0 Å². The Kier molecular flexibility index (Phi) is 4.35. The Balaban J connectivity index is 1.72. The second-order valence-electron chi connectivity index (χ2n) is 6.19. The van der Waals surface area contributed by atoms with Gasteiger partial charge in [0.15, 0.2) is 5.78 Å². The number of carbonyl (C=O) groups is 1. The predicted molar refractivity (Wildman–Crippen MR) is 87.7 cm³/mol. The number of rotatable bonds is 4. The minimum Gasteiger partial charge on any atom is -0.303 e. The summed E-state index contributed by atoms with van der Waals surface area (Å²) in [4.78, 5) is 15.1. The van der Waals surface area contributed by atoms with Gasteiger partial charge in [-0.15, -0.1) is 0 Å². The third kappa shape index (κ3) is 3.33. The minimum absolute atomic E-state index is 0.0734. The van der Waals surface area contributed by atoms with Gasteiger partial charge >= 0.3 is 0 Å². The van der Waals surface area contributed by atoms with Crippen molar-refractivity contribution < 1.29 is 4.79 Å². The lowest BCUT2D eigenvalue weighted by atomic mass is 9.96. The van der Waals surface area contributed by atoms with E-state index in [0.717, 1.165) is 30.6 Å². The fourth-order valence-electron chi connectivity index (χ4n) is 3.24. The molecule has 1 atom stereocenters. The van der Waals surface area contributed by atoms with Gasteiger partial charge in [-0.1, -0.05) is 49.7 Å². The fraction of sp³-hybridized carbons (Fsp3) is 0.421. The number of hydrogen-bond donors (Lipinski definition) is 0. The van der Waals surface area contributed by atoms with Gasteiger partial charge < -0.3 is 4.90 Å². The predicted octanol–water partition coefficient (Wildman–Crippen LogP) is 4.14. The van der Waals surface area contributed by atoms with Gasteiger partial charge in [0.1, 0.15) is 0 Å². The molecule has 1 saturated heterocycles. The average Bonchev–Trinajstić information content (AvgIpc) is 2.54. The average molecular weight is 281 g/mol. The van der Waals surface area contributed by atoms with Crippen LogP contribution < -0.4 is 0 Å². The molecular weight excluding hydrogens is 258 g/mol. The van der Waals surface area contributed by atoms with Crippen molar-refractivity contribution in [2.75, 3.05) is 19.6 Å². The molecule has 21 heavy (non-hydrogen) atoms. The molecule has 1 unspecified atom stereocenters. The molecule has 3 rings (SSSR count). The van der Waals surface area contributed by atoms with Crippen LogP contribution in [0.4, 0.5) is 0 Å². The van der Waals surface area contributed by atoms with E-state index in [0.29, 0.717) is 0 Å². The molecule has 0 aliphatic carbocycles. The first-order chi connectivity index (χ1) is 10.2. The quantitative estimate of drug-likeness (QED) is 0.785. The monoisotopic (exact) mass is 281 g/mol. The van der Waals surface area contributed by atoms with E-state index in [1.165, 1.54) is 24.6 Å². The molecule has 1 aliphatic heterocycles. The lowest BCUT2D eigenvalue weighted by Crippen LogP contribution is -2.35. The number of Topliss-reactive ketones (excluding diaryl/α,β-unsaturated/α-hetero) is 1. The van der Waals surface area contributed by atoms with E-state index in [9.17, 15) is 4.79 Å². The van der Waals surface area contributed by atoms with Crippen molar-refractivity contribution in [3.8, 4) is 0 Å². The van der Waals surface area contributed by atoms with Gasteiger partial charge in [0.2, 0.25) is 0 Å². The Morgan fingerprint density at radius 3 is 2.52 bits per heavy atom. The van der Waals surface area contributed by atoms with Crippen molar-refractivity contribution in [3.05, 3.63) is 48.0 Å². The molecule has 2 nitrogen and oxygen atoms in total. The summed E-state index contributed by atoms with van der Waals surface area (Å²) in [6, 6.07) is 14.3. The molecule has 0 aromatic heterocycles. The Bertz CT molecular complexity index is 628. The lowest BCUT2D eigenvalue weighted by molar-refractivity contribution is 0.0884. The van der Waals surface area contributed by atoms with E-state index in [1.54, 1.807) is 0 Å². The second-order valence-corrected chi connectivity index (χ2v) is 6.19. The number of likely N-dealkylation sites (tertiary alicyclic amines) is 1. The Morgan fingerprint density at radius 1 is 1.05 bits per heavy atom. The highest BCUT2D eigenvalue weighted by Crippen LogP contribution is 2.19. The van der Waals surface area contributed by atoms with Crippen LogP contribution in [-0.4, -0.2) is 30.3 Å². The number of piperidine rings is 1. The number of carbonyl (C=O) groups excluding carboxylic acids is 1. The summed E-state index contributed by atoms with van der Waals surface area (Å²) in [6.07, 6.45) is 3.89. The summed E-state index contributed by atoms with van der Waals surface area (Å²) in [5.74, 6) is 0.343. The van der Waals surface area contributed by atoms with Crippen LogP contribution in [0.5, 0.6) is 0 Å². The minimum atomic E-state index is 0.0734. The van der Waals surface area contributed by atoms with Crippen molar-refractivity contribution in [2.24, 2.45) is 5.92 Å². The summed E-state index contributed by atoms with van der Waals surface area (Å²) in [5.41, 5.74) is 0.846. The zero-order valence-corrected chi connectivity index (χ0v) is 12.7. The highest BCUT2D eigenvalue weighted by atomic mass is 16.1. The van der Waals surface area contributed by atoms with E-state index in [-0.39, 0.29) is 11.7 Å². The molecule has 2 heteroatoms. The molecule has 0 spiro atoms. The van der Waals surface area contributed by atoms with E-state index >= 15 is 0 Å². The number of benzene rings is 2. The highest BCUT2D eigenvalue weighted by molar-refractivity contribution is 6.01. The summed E-state index contributed by atoms with van der Waals surface area (Å²) in [7, 11) is 0. The summed E-state index contributed by atoms with van der Waals surface area (Å²) >= 11 is 0. The zero-order valence-electron chi connectivity index (χ0n) is 12.7.